The van der Waals surface area contributed by atoms with Gasteiger partial charge in [0.2, 0.25) is 0 Å². The number of ether oxygens (including phenoxy) is 1. The van der Waals surface area contributed by atoms with E-state index in [0.717, 1.165) is 30.7 Å². The topological polar surface area (TPSA) is 38.5 Å². The van der Waals surface area contributed by atoms with Crippen molar-refractivity contribution >= 4 is 21.6 Å². The normalized spacial score (nSPS) is 20.6. The minimum atomic E-state index is 0.441. The maximum absolute atomic E-state index is 5.58. The molecular formula is C13H19BrN2O. The van der Waals surface area contributed by atoms with Crippen LogP contribution in [0.4, 0.5) is 5.69 Å². The average Bonchev–Trinajstić information content (AvgIpc) is 2.33. The van der Waals surface area contributed by atoms with E-state index in [1.165, 1.54) is 11.3 Å². The lowest BCUT2D eigenvalue weighted by atomic mass is 10.1. The molecule has 1 aromatic carbocycles. The Kier molecular flexibility index (Phi) is 4.42. The molecule has 0 saturated carbocycles. The van der Waals surface area contributed by atoms with Gasteiger partial charge in [0.1, 0.15) is 0 Å². The summed E-state index contributed by atoms with van der Waals surface area (Å²) in [6.07, 6.45) is 0.916. The monoisotopic (exact) mass is 298 g/mol. The lowest BCUT2D eigenvalue weighted by Crippen LogP contribution is -2.43. The molecule has 0 radical (unpaired) electrons. The zero-order valence-electron chi connectivity index (χ0n) is 10.2. The molecule has 4 heteroatoms. The molecule has 1 aliphatic heterocycles. The van der Waals surface area contributed by atoms with Crippen LogP contribution in [0.25, 0.3) is 0 Å². The molecule has 2 rings (SSSR count). The molecule has 0 aliphatic carbocycles. The molecule has 0 amide bonds. The van der Waals surface area contributed by atoms with E-state index in [1.54, 1.807) is 0 Å². The zero-order valence-corrected chi connectivity index (χ0v) is 11.7. The summed E-state index contributed by atoms with van der Waals surface area (Å²) in [5.74, 6) is 0. The van der Waals surface area contributed by atoms with Crippen LogP contribution in [-0.4, -0.2) is 32.3 Å². The van der Waals surface area contributed by atoms with Gasteiger partial charge >= 0.3 is 0 Å². The van der Waals surface area contributed by atoms with E-state index in [0.29, 0.717) is 12.6 Å². The van der Waals surface area contributed by atoms with E-state index in [4.69, 9.17) is 10.5 Å². The predicted octanol–water partition coefficient (Wildman–Crippen LogP) is 2.18. The van der Waals surface area contributed by atoms with Crippen LogP contribution in [0.3, 0.4) is 0 Å². The molecule has 3 nitrogen and oxygen atoms in total. The minimum absolute atomic E-state index is 0.441. The Morgan fingerprint density at radius 3 is 3.00 bits per heavy atom. The first kappa shape index (κ1) is 12.9. The van der Waals surface area contributed by atoms with Gasteiger partial charge in [0.05, 0.1) is 13.2 Å². The maximum atomic E-state index is 5.58. The molecule has 1 aliphatic rings. The van der Waals surface area contributed by atoms with Gasteiger partial charge in [-0.3, -0.25) is 0 Å². The van der Waals surface area contributed by atoms with Crippen molar-refractivity contribution in [2.75, 3.05) is 31.2 Å². The van der Waals surface area contributed by atoms with Crippen molar-refractivity contribution in [2.24, 2.45) is 5.73 Å². The highest BCUT2D eigenvalue weighted by atomic mass is 79.9. The second-order valence-electron chi connectivity index (χ2n) is 4.43. The van der Waals surface area contributed by atoms with Crippen LogP contribution >= 0.6 is 15.9 Å². The molecule has 1 fully saturated rings. The Morgan fingerprint density at radius 2 is 2.35 bits per heavy atom. The molecule has 1 unspecified atom stereocenters. The van der Waals surface area contributed by atoms with Crippen molar-refractivity contribution in [1.82, 2.24) is 0 Å². The lowest BCUT2D eigenvalue weighted by Gasteiger charge is -2.35. The molecule has 0 spiro atoms. The predicted molar refractivity (Wildman–Crippen MR) is 74.5 cm³/mol. The van der Waals surface area contributed by atoms with Gasteiger partial charge < -0.3 is 15.4 Å². The van der Waals surface area contributed by atoms with Crippen molar-refractivity contribution < 1.29 is 4.74 Å². The molecule has 2 N–H and O–H groups in total. The van der Waals surface area contributed by atoms with Crippen LogP contribution in [0.5, 0.6) is 0 Å². The van der Waals surface area contributed by atoms with Crippen molar-refractivity contribution in [2.45, 2.75) is 19.4 Å². The third kappa shape index (κ3) is 3.00. The molecule has 0 aromatic heterocycles. The van der Waals surface area contributed by atoms with E-state index in [-0.39, 0.29) is 0 Å². The molecule has 94 valence electrons. The van der Waals surface area contributed by atoms with Crippen LogP contribution in [0.15, 0.2) is 22.7 Å². The van der Waals surface area contributed by atoms with Gasteiger partial charge in [-0.25, -0.2) is 0 Å². The van der Waals surface area contributed by atoms with Gasteiger partial charge in [-0.15, -0.1) is 0 Å². The molecule has 17 heavy (non-hydrogen) atoms. The Bertz CT molecular complexity index is 384. The maximum Gasteiger partial charge on any atom is 0.0668 e. The van der Waals surface area contributed by atoms with Gasteiger partial charge in [-0.1, -0.05) is 22.0 Å². The van der Waals surface area contributed by atoms with Gasteiger partial charge in [-0.05, 0) is 37.6 Å². The SMILES string of the molecule is CC1COCCN1c1ccc(CCN)c(Br)c1. The van der Waals surface area contributed by atoms with Gasteiger partial charge in [0.25, 0.3) is 0 Å². The second-order valence-corrected chi connectivity index (χ2v) is 5.29. The smallest absolute Gasteiger partial charge is 0.0668 e. The summed E-state index contributed by atoms with van der Waals surface area (Å²) in [6.45, 7) is 5.46. The Morgan fingerprint density at radius 1 is 1.53 bits per heavy atom. The highest BCUT2D eigenvalue weighted by molar-refractivity contribution is 9.10. The first-order valence-corrected chi connectivity index (χ1v) is 6.84. The number of hydrogen-bond acceptors (Lipinski definition) is 3. The van der Waals surface area contributed by atoms with E-state index in [1.807, 2.05) is 0 Å². The van der Waals surface area contributed by atoms with Crippen molar-refractivity contribution in [3.8, 4) is 0 Å². The van der Waals surface area contributed by atoms with Crippen LogP contribution in [0.2, 0.25) is 0 Å². The average molecular weight is 299 g/mol. The van der Waals surface area contributed by atoms with Crippen LogP contribution < -0.4 is 10.6 Å². The highest BCUT2D eigenvalue weighted by Gasteiger charge is 2.19. The van der Waals surface area contributed by atoms with Gasteiger partial charge in [0, 0.05) is 22.7 Å². The van der Waals surface area contributed by atoms with E-state index in [9.17, 15) is 0 Å². The lowest BCUT2D eigenvalue weighted by molar-refractivity contribution is 0.0989. The summed E-state index contributed by atoms with van der Waals surface area (Å²) in [4.78, 5) is 2.39. The summed E-state index contributed by atoms with van der Waals surface area (Å²) < 4.78 is 6.61. The number of morpholine rings is 1. The number of anilines is 1. The number of hydrogen-bond donors (Lipinski definition) is 1. The second kappa shape index (κ2) is 5.85. The summed E-state index contributed by atoms with van der Waals surface area (Å²) in [6, 6.07) is 6.97. The van der Waals surface area contributed by atoms with E-state index >= 15 is 0 Å². The number of halogens is 1. The quantitative estimate of drug-likeness (QED) is 0.929. The van der Waals surface area contributed by atoms with Crippen molar-refractivity contribution in [1.29, 1.82) is 0 Å². The molecule has 1 saturated heterocycles. The standard InChI is InChI=1S/C13H19BrN2O/c1-10-9-17-7-6-16(10)12-3-2-11(4-5-15)13(14)8-12/h2-3,8,10H,4-7,9,15H2,1H3. The van der Waals surface area contributed by atoms with E-state index < -0.39 is 0 Å². The third-order valence-corrected chi connectivity index (χ3v) is 3.89. The summed E-state index contributed by atoms with van der Waals surface area (Å²) in [7, 11) is 0. The Hall–Kier alpha value is -0.580. The largest absolute Gasteiger partial charge is 0.377 e. The molecular weight excluding hydrogens is 280 g/mol. The van der Waals surface area contributed by atoms with Gasteiger partial charge in [-0.2, -0.15) is 0 Å². The summed E-state index contributed by atoms with van der Waals surface area (Å²) >= 11 is 3.62. The third-order valence-electron chi connectivity index (χ3n) is 3.15. The Balaban J connectivity index is 2.18. The number of rotatable bonds is 3. The molecule has 1 atom stereocenters. The number of nitrogens with two attached hydrogens (primary N) is 1. The highest BCUT2D eigenvalue weighted by Crippen LogP contribution is 2.26. The van der Waals surface area contributed by atoms with Crippen LogP contribution in [-0.2, 0) is 11.2 Å². The van der Waals surface area contributed by atoms with Crippen LogP contribution in [0.1, 0.15) is 12.5 Å². The van der Waals surface area contributed by atoms with Crippen molar-refractivity contribution in [3.63, 3.8) is 0 Å². The fourth-order valence-corrected chi connectivity index (χ4v) is 2.75. The fraction of sp³-hybridized carbons (Fsp3) is 0.538. The Labute approximate surface area is 111 Å². The molecule has 1 heterocycles. The first-order valence-electron chi connectivity index (χ1n) is 6.05. The summed E-state index contributed by atoms with van der Waals surface area (Å²) in [5, 5.41) is 0. The first-order chi connectivity index (χ1) is 8.22. The number of benzene rings is 1. The number of nitrogens with zero attached hydrogens (tertiary/aromatic N) is 1. The minimum Gasteiger partial charge on any atom is -0.377 e. The molecule has 0 bridgehead atoms. The fourth-order valence-electron chi connectivity index (χ4n) is 2.18. The van der Waals surface area contributed by atoms with Gasteiger partial charge in [0.15, 0.2) is 0 Å². The van der Waals surface area contributed by atoms with E-state index in [2.05, 4.69) is 46.0 Å². The van der Waals surface area contributed by atoms with Crippen molar-refractivity contribution in [3.05, 3.63) is 28.2 Å². The molecule has 1 aromatic rings. The van der Waals surface area contributed by atoms with Crippen LogP contribution in [0, 0.1) is 0 Å². The zero-order chi connectivity index (χ0) is 12.3. The summed E-state index contributed by atoms with van der Waals surface area (Å²) in [5.41, 5.74) is 8.12.